The Kier molecular flexibility index (Phi) is 53.7. The number of rotatable bonds is 12. The third kappa shape index (κ3) is 40.9. The number of aliphatic hydroxyl groups is 1. The van der Waals surface area contributed by atoms with Gasteiger partial charge in [-0.3, -0.25) is 5.41 Å². The van der Waals surface area contributed by atoms with Crippen LogP contribution < -0.4 is 0 Å². The summed E-state index contributed by atoms with van der Waals surface area (Å²) in [6, 6.07) is 9.57. The summed E-state index contributed by atoms with van der Waals surface area (Å²) in [5, 5.41) is 14.9. The Labute approximate surface area is 240 Å². The predicted octanol–water partition coefficient (Wildman–Crippen LogP) is 11.4. The summed E-state index contributed by atoms with van der Waals surface area (Å²) in [5.74, 6) is 0. The first-order valence-corrected chi connectivity index (χ1v) is 14.1. The first-order chi connectivity index (χ1) is 17.8. The van der Waals surface area contributed by atoms with Crippen molar-refractivity contribution in [2.45, 2.75) is 127 Å². The van der Waals surface area contributed by atoms with Crippen LogP contribution >= 0.6 is 0 Å². The molecule has 1 aromatic rings. The summed E-state index contributed by atoms with van der Waals surface area (Å²) >= 11 is 0. The molecule has 2 N–H and O–H groups in total. The molecular weight excluding hydrogens is 466 g/mol. The second-order valence-corrected chi connectivity index (χ2v) is 9.23. The van der Waals surface area contributed by atoms with Crippen LogP contribution in [0, 0.1) is 10.8 Å². The third-order valence-electron chi connectivity index (χ3n) is 4.86. The van der Waals surface area contributed by atoms with E-state index >= 15 is 0 Å². The predicted molar refractivity (Wildman–Crippen MR) is 178 cm³/mol. The van der Waals surface area contributed by atoms with Gasteiger partial charge in [0, 0.05) is 7.11 Å². The molecule has 1 aromatic carbocycles. The van der Waals surface area contributed by atoms with Gasteiger partial charge in [0.2, 0.25) is 0 Å². The minimum Gasteiger partial charge on any atom is -0.400 e. The molecule has 0 aliphatic rings. The van der Waals surface area contributed by atoms with Gasteiger partial charge in [0.05, 0.1) is 5.71 Å². The van der Waals surface area contributed by atoms with Gasteiger partial charge in [0.15, 0.2) is 0 Å². The van der Waals surface area contributed by atoms with E-state index in [0.717, 1.165) is 18.2 Å². The van der Waals surface area contributed by atoms with Crippen molar-refractivity contribution in [3.8, 4) is 0 Å². The molecule has 0 atom stereocenters. The smallest absolute Gasteiger partial charge is 0.106 e. The van der Waals surface area contributed by atoms with Gasteiger partial charge in [-0.15, -0.1) is 0 Å². The number of unbranched alkanes of at least 4 members (excludes halogenated alkanes) is 7. The van der Waals surface area contributed by atoms with Crippen LogP contribution in [0.1, 0.15) is 133 Å². The second kappa shape index (κ2) is 41.9. The van der Waals surface area contributed by atoms with Crippen molar-refractivity contribution in [1.82, 2.24) is 0 Å². The van der Waals surface area contributed by atoms with Gasteiger partial charge in [-0.25, -0.2) is 0 Å². The van der Waals surface area contributed by atoms with E-state index in [1.165, 1.54) is 64.2 Å². The molecule has 0 spiro atoms. The van der Waals surface area contributed by atoms with Gasteiger partial charge in [-0.05, 0) is 23.0 Å². The van der Waals surface area contributed by atoms with Crippen LogP contribution in [0.25, 0.3) is 0 Å². The van der Waals surface area contributed by atoms with E-state index in [2.05, 4.69) is 54.7 Å². The normalized spacial score (nSPS) is 9.26. The topological polar surface area (TPSA) is 61.2 Å². The Bertz CT molecular complexity index is 609. The molecule has 0 unspecified atom stereocenters. The number of allylic oxidation sites excluding steroid dienone is 4. The molecule has 3 nitrogen and oxygen atoms in total. The highest BCUT2D eigenvalue weighted by atomic mass is 16.2. The number of aliphatic hydroxyl groups excluding tert-OH is 1. The maximum atomic E-state index is 8.00. The first-order valence-electron chi connectivity index (χ1n) is 14.1. The summed E-state index contributed by atoms with van der Waals surface area (Å²) < 4.78 is 0. The molecule has 0 saturated carbocycles. The second-order valence-electron chi connectivity index (χ2n) is 9.23. The number of carbonyl (C=O) groups is 1. The number of hydrogen-bond acceptors (Lipinski definition) is 3. The lowest BCUT2D eigenvalue weighted by atomic mass is 9.89. The van der Waals surface area contributed by atoms with E-state index in [9.17, 15) is 0 Å². The molecule has 3 heteroatoms. The van der Waals surface area contributed by atoms with Crippen LogP contribution in [-0.2, 0) is 4.79 Å². The van der Waals surface area contributed by atoms with E-state index in [0.29, 0.717) is 11.1 Å². The van der Waals surface area contributed by atoms with Crippen molar-refractivity contribution < 1.29 is 9.90 Å². The first kappa shape index (κ1) is 48.8. The summed E-state index contributed by atoms with van der Waals surface area (Å²) in [5.41, 5.74) is 2.69. The molecule has 224 valence electrons. The standard InChI is InChI=1S/C13H13N.C11H24.C6H14.C2H6.CH4O.CH2O.CH4/c1-3-8-11(4-2)13(14)12-9-6-5-7-10-12;1-5-6-7-8-9-10-11(2,3)4;1-3-5-6-4-2;3*1-2;/h3-10,14H,1-2H2;5-10H2,1-4H3;3-6H2,1-2H3;1-2H3;2H,1H3;1H2;1H4/b11-8+,14-13?;;;;;;. The third-order valence-corrected chi connectivity index (χ3v) is 4.86. The van der Waals surface area contributed by atoms with E-state index in [1.54, 1.807) is 18.2 Å². The van der Waals surface area contributed by atoms with Crippen molar-refractivity contribution >= 4 is 12.5 Å². The van der Waals surface area contributed by atoms with Gasteiger partial charge in [0.1, 0.15) is 6.79 Å². The van der Waals surface area contributed by atoms with E-state index in [1.807, 2.05) is 51.0 Å². The zero-order valence-corrected chi connectivity index (χ0v) is 26.2. The minimum absolute atomic E-state index is 0. The SMILES string of the molecule is C.C=C/C=C(\C=C)C(=N)c1ccccc1.C=O.CC.CCCCCC.CCCCCCCC(C)(C)C.CO. The Morgan fingerprint density at radius 3 is 1.55 bits per heavy atom. The number of nitrogens with one attached hydrogen (secondary N) is 1. The molecule has 0 amide bonds. The van der Waals surface area contributed by atoms with Crippen LogP contribution in [0.3, 0.4) is 0 Å². The fourth-order valence-corrected chi connectivity index (χ4v) is 2.91. The van der Waals surface area contributed by atoms with Crippen LogP contribution in [0.5, 0.6) is 0 Å². The minimum atomic E-state index is 0. The molecule has 0 heterocycles. The quantitative estimate of drug-likeness (QED) is 0.159. The molecule has 0 saturated heterocycles. The largest absolute Gasteiger partial charge is 0.400 e. The Balaban J connectivity index is -0.0000000955. The van der Waals surface area contributed by atoms with Crippen LogP contribution in [-0.4, -0.2) is 24.7 Å². The van der Waals surface area contributed by atoms with E-state index < -0.39 is 0 Å². The van der Waals surface area contributed by atoms with Crippen LogP contribution in [0.15, 0.2) is 67.3 Å². The average Bonchev–Trinajstić information content (AvgIpc) is 2.94. The van der Waals surface area contributed by atoms with E-state index in [-0.39, 0.29) is 7.43 Å². The van der Waals surface area contributed by atoms with Gasteiger partial charge < -0.3 is 9.90 Å². The molecule has 0 aliphatic heterocycles. The molecule has 38 heavy (non-hydrogen) atoms. The summed E-state index contributed by atoms with van der Waals surface area (Å²) in [6.45, 7) is 27.0. The molecule has 0 fully saturated rings. The Morgan fingerprint density at radius 2 is 1.21 bits per heavy atom. The molecule has 0 bridgehead atoms. The number of benzene rings is 1. The summed E-state index contributed by atoms with van der Waals surface area (Å²) in [6.07, 6.45) is 19.1. The van der Waals surface area contributed by atoms with Gasteiger partial charge in [-0.1, -0.05) is 182 Å². The van der Waals surface area contributed by atoms with Crippen molar-refractivity contribution in [3.63, 3.8) is 0 Å². The number of hydrogen-bond donors (Lipinski definition) is 2. The summed E-state index contributed by atoms with van der Waals surface area (Å²) in [7, 11) is 1.00. The highest BCUT2D eigenvalue weighted by Crippen LogP contribution is 2.22. The average molecular weight is 534 g/mol. The maximum absolute atomic E-state index is 8.00. The fourth-order valence-electron chi connectivity index (χ4n) is 2.91. The highest BCUT2D eigenvalue weighted by Gasteiger charge is 2.08. The molecule has 0 radical (unpaired) electrons. The Morgan fingerprint density at radius 1 is 0.816 bits per heavy atom. The van der Waals surface area contributed by atoms with Gasteiger partial charge in [0.25, 0.3) is 0 Å². The fraction of sp³-hybridized carbons (Fsp3) is 0.600. The molecular formula is C35H67NO2. The van der Waals surface area contributed by atoms with Crippen molar-refractivity contribution in [2.75, 3.05) is 7.11 Å². The highest BCUT2D eigenvalue weighted by molar-refractivity contribution is 6.12. The van der Waals surface area contributed by atoms with Crippen LogP contribution in [0.4, 0.5) is 0 Å². The van der Waals surface area contributed by atoms with Crippen LogP contribution in [0.2, 0.25) is 0 Å². The molecule has 0 aromatic heterocycles. The lowest BCUT2D eigenvalue weighted by Gasteiger charge is -2.17. The Hall–Kier alpha value is -2.26. The van der Waals surface area contributed by atoms with Crippen molar-refractivity contribution in [1.29, 1.82) is 5.41 Å². The van der Waals surface area contributed by atoms with Crippen molar-refractivity contribution in [3.05, 3.63) is 72.9 Å². The van der Waals surface area contributed by atoms with E-state index in [4.69, 9.17) is 15.3 Å². The lowest BCUT2D eigenvalue weighted by Crippen LogP contribution is -2.03. The van der Waals surface area contributed by atoms with Crippen molar-refractivity contribution in [2.24, 2.45) is 5.41 Å². The summed E-state index contributed by atoms with van der Waals surface area (Å²) in [4.78, 5) is 8.00. The zero-order valence-electron chi connectivity index (χ0n) is 26.2. The molecule has 0 aliphatic carbocycles. The van der Waals surface area contributed by atoms with Gasteiger partial charge >= 0.3 is 0 Å². The van der Waals surface area contributed by atoms with Gasteiger partial charge in [-0.2, -0.15) is 0 Å². The zero-order chi connectivity index (χ0) is 30.0. The lowest BCUT2D eigenvalue weighted by molar-refractivity contribution is -0.0980. The monoisotopic (exact) mass is 534 g/mol. The maximum Gasteiger partial charge on any atom is 0.106 e. The molecule has 1 rings (SSSR count). The number of carbonyl (C=O) groups excluding carboxylic acids is 1.